The van der Waals surface area contributed by atoms with Crippen LogP contribution in [0.2, 0.25) is 0 Å². The summed E-state index contributed by atoms with van der Waals surface area (Å²) >= 11 is 0. The van der Waals surface area contributed by atoms with Gasteiger partial charge in [0.2, 0.25) is 0 Å². The van der Waals surface area contributed by atoms with Crippen LogP contribution < -0.4 is 11.4 Å². The average Bonchev–Trinajstić information content (AvgIpc) is 2.56. The lowest BCUT2D eigenvalue weighted by atomic mass is 10.1. The van der Waals surface area contributed by atoms with E-state index < -0.39 is 0 Å². The molecular formula is C17H14N4O. The van der Waals surface area contributed by atoms with Gasteiger partial charge in [-0.1, -0.05) is 36.4 Å². The van der Waals surface area contributed by atoms with Crippen molar-refractivity contribution in [3.8, 4) is 0 Å². The molecule has 3 aromatic rings. The molecule has 0 saturated carbocycles. The van der Waals surface area contributed by atoms with Gasteiger partial charge in [-0.2, -0.15) is 5.10 Å². The molecule has 0 aliphatic carbocycles. The number of nitrogens with two attached hydrogens (primary N) is 1. The molecular weight excluding hydrogens is 276 g/mol. The lowest BCUT2D eigenvalue weighted by Crippen LogP contribution is -2.20. The third kappa shape index (κ3) is 2.78. The molecule has 0 radical (unpaired) electrons. The molecule has 0 spiro atoms. The Morgan fingerprint density at radius 2 is 1.77 bits per heavy atom. The monoisotopic (exact) mass is 290 g/mol. The van der Waals surface area contributed by atoms with Crippen molar-refractivity contribution in [3.05, 3.63) is 76.6 Å². The summed E-state index contributed by atoms with van der Waals surface area (Å²) in [7, 11) is 0. The summed E-state index contributed by atoms with van der Waals surface area (Å²) in [5.74, 6) is 5.43. The predicted octanol–water partition coefficient (Wildman–Crippen LogP) is 2.59. The molecule has 2 aromatic carbocycles. The maximum Gasteiger partial charge on any atom is 0.258 e. The van der Waals surface area contributed by atoms with Crippen molar-refractivity contribution in [2.24, 2.45) is 15.9 Å². The minimum atomic E-state index is -0.248. The van der Waals surface area contributed by atoms with Gasteiger partial charge in [-0.3, -0.25) is 9.79 Å². The highest BCUT2D eigenvalue weighted by atomic mass is 16.1. The largest absolute Gasteiger partial charge is 0.323 e. The van der Waals surface area contributed by atoms with Gasteiger partial charge in [-0.25, -0.2) is 0 Å². The van der Waals surface area contributed by atoms with E-state index in [4.69, 9.17) is 5.84 Å². The molecule has 22 heavy (non-hydrogen) atoms. The van der Waals surface area contributed by atoms with E-state index in [1.54, 1.807) is 6.07 Å². The molecule has 0 saturated heterocycles. The Hall–Kier alpha value is -3.21. The van der Waals surface area contributed by atoms with Gasteiger partial charge < -0.3 is 10.8 Å². The van der Waals surface area contributed by atoms with E-state index in [9.17, 15) is 4.79 Å². The maximum absolute atomic E-state index is 12.2. The number of hydrogen-bond acceptors (Lipinski definition) is 4. The van der Waals surface area contributed by atoms with Gasteiger partial charge >= 0.3 is 0 Å². The number of rotatable bonds is 3. The molecule has 1 aromatic heterocycles. The average molecular weight is 290 g/mol. The number of aromatic nitrogens is 1. The second kappa shape index (κ2) is 6.05. The Morgan fingerprint density at radius 3 is 2.55 bits per heavy atom. The van der Waals surface area contributed by atoms with E-state index >= 15 is 0 Å². The quantitative estimate of drug-likeness (QED) is 0.441. The van der Waals surface area contributed by atoms with Gasteiger partial charge in [0.1, 0.15) is 5.71 Å². The van der Waals surface area contributed by atoms with E-state index in [2.05, 4.69) is 15.1 Å². The van der Waals surface area contributed by atoms with E-state index in [0.29, 0.717) is 11.3 Å². The van der Waals surface area contributed by atoms with Crippen LogP contribution in [-0.4, -0.2) is 16.9 Å². The molecule has 0 amide bonds. The first kappa shape index (κ1) is 13.8. The lowest BCUT2D eigenvalue weighted by Gasteiger charge is -2.02. The number of benzene rings is 2. The Labute approximate surface area is 126 Å². The minimum Gasteiger partial charge on any atom is -0.323 e. The molecule has 3 rings (SSSR count). The highest BCUT2D eigenvalue weighted by Crippen LogP contribution is 2.12. The topological polar surface area (TPSA) is 83.6 Å². The van der Waals surface area contributed by atoms with E-state index in [-0.39, 0.29) is 5.56 Å². The van der Waals surface area contributed by atoms with Crippen LogP contribution >= 0.6 is 0 Å². The smallest absolute Gasteiger partial charge is 0.258 e. The van der Waals surface area contributed by atoms with Gasteiger partial charge in [-0.15, -0.1) is 0 Å². The normalized spacial score (nSPS) is 12.1. The Bertz CT molecular complexity index is 911. The SMILES string of the molecule is NN=C(C=Nc1ccccc1)c1cc2ccccc2[nH]c1=O. The third-order valence-electron chi connectivity index (χ3n) is 3.26. The first-order valence-corrected chi connectivity index (χ1v) is 6.77. The zero-order valence-corrected chi connectivity index (χ0v) is 11.7. The number of aromatic amines is 1. The number of nitrogens with one attached hydrogen (secondary N) is 1. The van der Waals surface area contributed by atoms with Gasteiger partial charge in [0.05, 0.1) is 17.5 Å². The summed E-state index contributed by atoms with van der Waals surface area (Å²) in [6.07, 6.45) is 1.49. The van der Waals surface area contributed by atoms with Crippen molar-refractivity contribution < 1.29 is 0 Å². The number of hydrogen-bond donors (Lipinski definition) is 2. The summed E-state index contributed by atoms with van der Waals surface area (Å²) < 4.78 is 0. The van der Waals surface area contributed by atoms with Crippen molar-refractivity contribution >= 4 is 28.5 Å². The summed E-state index contributed by atoms with van der Waals surface area (Å²) in [6, 6.07) is 18.7. The van der Waals surface area contributed by atoms with E-state index in [0.717, 1.165) is 16.6 Å². The van der Waals surface area contributed by atoms with Crippen molar-refractivity contribution in [2.75, 3.05) is 0 Å². The highest BCUT2D eigenvalue weighted by Gasteiger charge is 2.08. The number of pyridine rings is 1. The second-order valence-electron chi connectivity index (χ2n) is 4.71. The minimum absolute atomic E-state index is 0.248. The summed E-state index contributed by atoms with van der Waals surface area (Å²) in [6.45, 7) is 0. The van der Waals surface area contributed by atoms with Crippen molar-refractivity contribution in [1.29, 1.82) is 0 Å². The van der Waals surface area contributed by atoms with Crippen LogP contribution in [0.5, 0.6) is 0 Å². The van der Waals surface area contributed by atoms with Crippen molar-refractivity contribution in [3.63, 3.8) is 0 Å². The fourth-order valence-corrected chi connectivity index (χ4v) is 2.16. The van der Waals surface area contributed by atoms with Gasteiger partial charge in [0.15, 0.2) is 0 Å². The van der Waals surface area contributed by atoms with Crippen LogP contribution in [0.3, 0.4) is 0 Å². The Kier molecular flexibility index (Phi) is 3.78. The molecule has 0 aliphatic heterocycles. The van der Waals surface area contributed by atoms with Crippen LogP contribution in [0.4, 0.5) is 5.69 Å². The fraction of sp³-hybridized carbons (Fsp3) is 0. The number of fused-ring (bicyclic) bond motifs is 1. The third-order valence-corrected chi connectivity index (χ3v) is 3.26. The Balaban J connectivity index is 2.03. The molecule has 0 aliphatic rings. The Morgan fingerprint density at radius 1 is 1.05 bits per heavy atom. The van der Waals surface area contributed by atoms with Crippen LogP contribution in [-0.2, 0) is 0 Å². The number of nitrogens with zero attached hydrogens (tertiary/aromatic N) is 2. The van der Waals surface area contributed by atoms with Crippen LogP contribution in [0, 0.1) is 0 Å². The fourth-order valence-electron chi connectivity index (χ4n) is 2.16. The number of para-hydroxylation sites is 2. The van der Waals surface area contributed by atoms with Crippen molar-refractivity contribution in [1.82, 2.24) is 4.98 Å². The standard InChI is InChI=1S/C17H14N4O/c18-21-16(11-19-13-7-2-1-3-8-13)14-10-12-6-4-5-9-15(12)20-17(14)22/h1-11H,18H2,(H,20,22). The highest BCUT2D eigenvalue weighted by molar-refractivity contribution is 6.38. The first-order chi connectivity index (χ1) is 10.8. The maximum atomic E-state index is 12.2. The lowest BCUT2D eigenvalue weighted by molar-refractivity contribution is 1.23. The molecule has 0 atom stereocenters. The summed E-state index contributed by atoms with van der Waals surface area (Å²) in [5.41, 5.74) is 2.01. The number of hydrazone groups is 1. The molecule has 0 fully saturated rings. The molecule has 0 bridgehead atoms. The molecule has 5 heteroatoms. The van der Waals surface area contributed by atoms with E-state index in [1.807, 2.05) is 54.6 Å². The molecule has 0 unspecified atom stereocenters. The van der Waals surface area contributed by atoms with Gasteiger partial charge in [0, 0.05) is 5.52 Å². The van der Waals surface area contributed by atoms with Crippen LogP contribution in [0.1, 0.15) is 5.56 Å². The second-order valence-corrected chi connectivity index (χ2v) is 4.71. The van der Waals surface area contributed by atoms with Crippen LogP contribution in [0.25, 0.3) is 10.9 Å². The molecule has 3 N–H and O–H groups in total. The van der Waals surface area contributed by atoms with Gasteiger partial charge in [0.25, 0.3) is 5.56 Å². The predicted molar refractivity (Wildman–Crippen MR) is 89.9 cm³/mol. The summed E-state index contributed by atoms with van der Waals surface area (Å²) in [5, 5.41) is 4.60. The van der Waals surface area contributed by atoms with Crippen molar-refractivity contribution in [2.45, 2.75) is 0 Å². The molecule has 1 heterocycles. The van der Waals surface area contributed by atoms with E-state index in [1.165, 1.54) is 6.21 Å². The zero-order chi connectivity index (χ0) is 15.4. The summed E-state index contributed by atoms with van der Waals surface area (Å²) in [4.78, 5) is 19.3. The number of H-pyrrole nitrogens is 1. The molecule has 5 nitrogen and oxygen atoms in total. The number of aliphatic imine (C=N–C) groups is 1. The van der Waals surface area contributed by atoms with Gasteiger partial charge in [-0.05, 0) is 29.7 Å². The zero-order valence-electron chi connectivity index (χ0n) is 11.7. The first-order valence-electron chi connectivity index (χ1n) is 6.77. The van der Waals surface area contributed by atoms with Crippen LogP contribution in [0.15, 0.2) is 75.6 Å². The molecule has 108 valence electrons.